The number of rotatable bonds is 6. The summed E-state index contributed by atoms with van der Waals surface area (Å²) in [6, 6.07) is 6.76. The molecule has 0 saturated heterocycles. The van der Waals surface area contributed by atoms with Gasteiger partial charge < -0.3 is 10.1 Å². The first-order chi connectivity index (χ1) is 8.84. The zero-order valence-electron chi connectivity index (χ0n) is 11.2. The lowest BCUT2D eigenvalue weighted by molar-refractivity contribution is -0.118. The molecule has 1 rings (SSSR count). The largest absolute Gasteiger partial charge is 0.497 e. The second kappa shape index (κ2) is 6.42. The number of amides is 1. The summed E-state index contributed by atoms with van der Waals surface area (Å²) in [7, 11) is -1.90. The molecule has 1 amide bonds. The molecule has 0 atom stereocenters. The molecule has 1 aromatic carbocycles. The standard InChI is InChI=1S/C12H18N2O4S/c1-10(15)13-7-8-14(19(3,16)17)11-5-4-6-12(9-11)18-2/h4-6,9H,7-8H2,1-3H3,(H,13,15). The molecule has 0 fully saturated rings. The first kappa shape index (κ1) is 15.3. The molecule has 19 heavy (non-hydrogen) atoms. The highest BCUT2D eigenvalue weighted by Gasteiger charge is 2.17. The average molecular weight is 286 g/mol. The number of hydrogen-bond acceptors (Lipinski definition) is 4. The molecule has 0 aliphatic carbocycles. The molecule has 0 heterocycles. The van der Waals surface area contributed by atoms with Gasteiger partial charge in [-0.2, -0.15) is 0 Å². The zero-order valence-corrected chi connectivity index (χ0v) is 12.0. The van der Waals surface area contributed by atoms with E-state index >= 15 is 0 Å². The lowest BCUT2D eigenvalue weighted by atomic mass is 10.3. The van der Waals surface area contributed by atoms with Gasteiger partial charge >= 0.3 is 0 Å². The Morgan fingerprint density at radius 2 is 2.11 bits per heavy atom. The van der Waals surface area contributed by atoms with Gasteiger partial charge in [-0.05, 0) is 12.1 Å². The second-order valence-electron chi connectivity index (χ2n) is 4.02. The van der Waals surface area contributed by atoms with Crippen LogP contribution in [0, 0.1) is 0 Å². The first-order valence-electron chi connectivity index (χ1n) is 5.71. The van der Waals surface area contributed by atoms with Crippen molar-refractivity contribution in [2.24, 2.45) is 0 Å². The number of carbonyl (C=O) groups is 1. The van der Waals surface area contributed by atoms with Crippen LogP contribution in [-0.2, 0) is 14.8 Å². The van der Waals surface area contributed by atoms with Gasteiger partial charge in [0.25, 0.3) is 0 Å². The molecule has 0 aliphatic heterocycles. The van der Waals surface area contributed by atoms with Crippen molar-refractivity contribution >= 4 is 21.6 Å². The highest BCUT2D eigenvalue weighted by molar-refractivity contribution is 7.92. The molecule has 0 spiro atoms. The van der Waals surface area contributed by atoms with E-state index in [0.717, 1.165) is 6.26 Å². The summed E-state index contributed by atoms with van der Waals surface area (Å²) in [5.74, 6) is 0.379. The highest BCUT2D eigenvalue weighted by atomic mass is 32.2. The van der Waals surface area contributed by atoms with Crippen molar-refractivity contribution in [2.45, 2.75) is 6.92 Å². The van der Waals surface area contributed by atoms with Crippen LogP contribution in [-0.4, -0.2) is 40.8 Å². The van der Waals surface area contributed by atoms with Gasteiger partial charge in [-0.3, -0.25) is 9.10 Å². The van der Waals surface area contributed by atoms with E-state index < -0.39 is 10.0 Å². The minimum atomic E-state index is -3.41. The van der Waals surface area contributed by atoms with Crippen molar-refractivity contribution < 1.29 is 17.9 Å². The van der Waals surface area contributed by atoms with Crippen LogP contribution in [0.4, 0.5) is 5.69 Å². The average Bonchev–Trinajstić information content (AvgIpc) is 2.33. The number of hydrogen-bond donors (Lipinski definition) is 1. The van der Waals surface area contributed by atoms with Crippen LogP contribution < -0.4 is 14.4 Å². The third kappa shape index (κ3) is 4.78. The van der Waals surface area contributed by atoms with E-state index in [-0.39, 0.29) is 19.0 Å². The Morgan fingerprint density at radius 3 is 2.63 bits per heavy atom. The van der Waals surface area contributed by atoms with Gasteiger partial charge in [-0.25, -0.2) is 8.42 Å². The minimum Gasteiger partial charge on any atom is -0.497 e. The number of benzene rings is 1. The molecule has 0 aromatic heterocycles. The third-order valence-electron chi connectivity index (χ3n) is 2.43. The fourth-order valence-corrected chi connectivity index (χ4v) is 2.50. The number of carbonyl (C=O) groups excluding carboxylic acids is 1. The monoisotopic (exact) mass is 286 g/mol. The molecular formula is C12H18N2O4S. The van der Waals surface area contributed by atoms with Crippen LogP contribution in [0.3, 0.4) is 0 Å². The molecule has 0 saturated carbocycles. The van der Waals surface area contributed by atoms with Crippen LogP contribution >= 0.6 is 0 Å². The zero-order chi connectivity index (χ0) is 14.5. The molecule has 6 nitrogen and oxygen atoms in total. The molecule has 7 heteroatoms. The maximum atomic E-state index is 11.8. The summed E-state index contributed by atoms with van der Waals surface area (Å²) in [5.41, 5.74) is 0.507. The van der Waals surface area contributed by atoms with E-state index in [1.165, 1.54) is 18.3 Å². The number of sulfonamides is 1. The maximum Gasteiger partial charge on any atom is 0.232 e. The SMILES string of the molecule is COc1cccc(N(CCNC(C)=O)S(C)(=O)=O)c1. The molecule has 0 radical (unpaired) electrons. The Bertz CT molecular complexity index is 542. The smallest absolute Gasteiger partial charge is 0.232 e. The fraction of sp³-hybridized carbons (Fsp3) is 0.417. The van der Waals surface area contributed by atoms with E-state index in [0.29, 0.717) is 11.4 Å². The van der Waals surface area contributed by atoms with E-state index in [2.05, 4.69) is 5.32 Å². The Kier molecular flexibility index (Phi) is 5.17. The minimum absolute atomic E-state index is 0.172. The number of anilines is 1. The molecule has 106 valence electrons. The second-order valence-corrected chi connectivity index (χ2v) is 5.93. The van der Waals surface area contributed by atoms with Crippen LogP contribution in [0.5, 0.6) is 5.75 Å². The summed E-state index contributed by atoms with van der Waals surface area (Å²) in [6.07, 6.45) is 1.13. The molecule has 1 aromatic rings. The Hall–Kier alpha value is -1.76. The molecule has 0 bridgehead atoms. The van der Waals surface area contributed by atoms with Gasteiger partial charge in [0.15, 0.2) is 0 Å². The third-order valence-corrected chi connectivity index (χ3v) is 3.62. The van der Waals surface area contributed by atoms with Gasteiger partial charge in [-0.1, -0.05) is 6.07 Å². The Labute approximate surface area is 113 Å². The normalized spacial score (nSPS) is 10.9. The summed E-state index contributed by atoms with van der Waals surface area (Å²) >= 11 is 0. The summed E-state index contributed by atoms with van der Waals surface area (Å²) < 4.78 is 29.9. The Morgan fingerprint density at radius 1 is 1.42 bits per heavy atom. The number of ether oxygens (including phenoxy) is 1. The van der Waals surface area contributed by atoms with Crippen molar-refractivity contribution in [2.75, 3.05) is 30.8 Å². The van der Waals surface area contributed by atoms with Crippen LogP contribution in [0.15, 0.2) is 24.3 Å². The highest BCUT2D eigenvalue weighted by Crippen LogP contribution is 2.22. The van der Waals surface area contributed by atoms with E-state index in [1.54, 1.807) is 24.3 Å². The van der Waals surface area contributed by atoms with E-state index in [4.69, 9.17) is 4.74 Å². The van der Waals surface area contributed by atoms with E-state index in [9.17, 15) is 13.2 Å². The number of nitrogens with zero attached hydrogens (tertiary/aromatic N) is 1. The maximum absolute atomic E-state index is 11.8. The molecule has 0 unspecified atom stereocenters. The summed E-state index contributed by atoms with van der Waals surface area (Å²) in [6.45, 7) is 1.81. The van der Waals surface area contributed by atoms with Gasteiger partial charge in [0.2, 0.25) is 15.9 Å². The number of methoxy groups -OCH3 is 1. The van der Waals surface area contributed by atoms with Gasteiger partial charge in [0, 0.05) is 19.5 Å². The van der Waals surface area contributed by atoms with Crippen molar-refractivity contribution in [1.82, 2.24) is 5.32 Å². The topological polar surface area (TPSA) is 75.7 Å². The van der Waals surface area contributed by atoms with Crippen LogP contribution in [0.25, 0.3) is 0 Å². The summed E-state index contributed by atoms with van der Waals surface area (Å²) in [5, 5.41) is 2.57. The number of nitrogens with one attached hydrogen (secondary N) is 1. The van der Waals surface area contributed by atoms with E-state index in [1.807, 2.05) is 0 Å². The first-order valence-corrected chi connectivity index (χ1v) is 7.55. The van der Waals surface area contributed by atoms with Crippen molar-refractivity contribution in [3.05, 3.63) is 24.3 Å². The van der Waals surface area contributed by atoms with Crippen LogP contribution in [0.1, 0.15) is 6.92 Å². The lowest BCUT2D eigenvalue weighted by Crippen LogP contribution is -2.37. The summed E-state index contributed by atoms with van der Waals surface area (Å²) in [4.78, 5) is 10.8. The van der Waals surface area contributed by atoms with Crippen LogP contribution in [0.2, 0.25) is 0 Å². The quantitative estimate of drug-likeness (QED) is 0.831. The lowest BCUT2D eigenvalue weighted by Gasteiger charge is -2.22. The molecule has 1 N–H and O–H groups in total. The predicted octanol–water partition coefficient (Wildman–Crippen LogP) is 0.597. The van der Waals surface area contributed by atoms with Gasteiger partial charge in [0.1, 0.15) is 5.75 Å². The van der Waals surface area contributed by atoms with Crippen molar-refractivity contribution in [3.8, 4) is 5.75 Å². The fourth-order valence-electron chi connectivity index (χ4n) is 1.59. The molecule has 0 aliphatic rings. The van der Waals surface area contributed by atoms with Gasteiger partial charge in [-0.15, -0.1) is 0 Å². The molecular weight excluding hydrogens is 268 g/mol. The van der Waals surface area contributed by atoms with Crippen molar-refractivity contribution in [1.29, 1.82) is 0 Å². The van der Waals surface area contributed by atoms with Gasteiger partial charge in [0.05, 0.1) is 25.6 Å². The Balaban J connectivity index is 2.93. The van der Waals surface area contributed by atoms with Crippen molar-refractivity contribution in [3.63, 3.8) is 0 Å². The predicted molar refractivity (Wildman–Crippen MR) is 73.9 cm³/mol.